The minimum atomic E-state index is -3.43. The Balaban J connectivity index is 2.25. The molecular formula is C16H22N2O6S. The number of benzene rings is 1. The number of amides is 2. The summed E-state index contributed by atoms with van der Waals surface area (Å²) < 4.78 is 34.2. The van der Waals surface area contributed by atoms with Crippen molar-refractivity contribution < 1.29 is 27.5 Å². The van der Waals surface area contributed by atoms with Crippen LogP contribution in [0.25, 0.3) is 0 Å². The summed E-state index contributed by atoms with van der Waals surface area (Å²) in [5.41, 5.74) is -0.376. The molecule has 138 valence electrons. The van der Waals surface area contributed by atoms with E-state index >= 15 is 0 Å². The second-order valence-electron chi connectivity index (χ2n) is 6.81. The minimum Gasteiger partial charge on any atom is -0.489 e. The number of hydrogen-bond acceptors (Lipinski definition) is 6. The smallest absolute Gasteiger partial charge is 0.408 e. The van der Waals surface area contributed by atoms with Gasteiger partial charge in [-0.05, 0) is 39.0 Å². The van der Waals surface area contributed by atoms with E-state index in [0.717, 1.165) is 6.26 Å². The van der Waals surface area contributed by atoms with Crippen molar-refractivity contribution in [1.29, 1.82) is 0 Å². The predicted octanol–water partition coefficient (Wildman–Crippen LogP) is 1.34. The number of nitrogens with one attached hydrogen (secondary N) is 1. The molecule has 1 aromatic rings. The highest BCUT2D eigenvalue weighted by Gasteiger charge is 2.32. The summed E-state index contributed by atoms with van der Waals surface area (Å²) in [5, 5.41) is 2.48. The molecule has 9 heteroatoms. The molecule has 0 bridgehead atoms. The second kappa shape index (κ2) is 6.55. The Morgan fingerprint density at radius 3 is 2.56 bits per heavy atom. The number of alkyl carbamates (subject to hydrolysis) is 1. The third-order valence-corrected chi connectivity index (χ3v) is 4.56. The first-order valence-electron chi connectivity index (χ1n) is 7.62. The summed E-state index contributed by atoms with van der Waals surface area (Å²) in [7, 11) is -1.93. The number of carbonyl (C=O) groups excluding carboxylic acids is 2. The van der Waals surface area contributed by atoms with Crippen LogP contribution in [0.5, 0.6) is 5.75 Å². The van der Waals surface area contributed by atoms with Crippen LogP contribution in [0.1, 0.15) is 20.8 Å². The zero-order chi connectivity index (χ0) is 19.0. The zero-order valence-corrected chi connectivity index (χ0v) is 15.6. The van der Waals surface area contributed by atoms with Gasteiger partial charge in [-0.25, -0.2) is 13.2 Å². The van der Waals surface area contributed by atoms with Crippen molar-refractivity contribution >= 4 is 27.5 Å². The third-order valence-electron chi connectivity index (χ3n) is 3.45. The van der Waals surface area contributed by atoms with Crippen LogP contribution in [0.3, 0.4) is 0 Å². The van der Waals surface area contributed by atoms with Gasteiger partial charge in [0.15, 0.2) is 9.84 Å². The van der Waals surface area contributed by atoms with Crippen LogP contribution < -0.4 is 15.0 Å². The first kappa shape index (κ1) is 19.0. The summed E-state index contributed by atoms with van der Waals surface area (Å²) in [6, 6.07) is 3.33. The standard InChI is InChI=1S/C16H22N2O6S/c1-16(2,3)24-15(20)17-11-9-23-13-7-6-10(25(5,21)22)8-12(13)18(4)14(11)19/h6-8,11H,9H2,1-5H3,(H,17,20)/t11-/m0/s1. The van der Waals surface area contributed by atoms with E-state index in [-0.39, 0.29) is 11.5 Å². The molecule has 2 rings (SSSR count). The van der Waals surface area contributed by atoms with E-state index in [1.165, 1.54) is 30.1 Å². The Morgan fingerprint density at radius 2 is 2.00 bits per heavy atom. The molecule has 0 radical (unpaired) electrons. The number of carbonyl (C=O) groups is 2. The van der Waals surface area contributed by atoms with Crippen molar-refractivity contribution in [2.45, 2.75) is 37.3 Å². The van der Waals surface area contributed by atoms with Crippen LogP contribution in [-0.4, -0.2) is 52.0 Å². The second-order valence-corrected chi connectivity index (χ2v) is 8.82. The summed E-state index contributed by atoms with van der Waals surface area (Å²) >= 11 is 0. The highest BCUT2D eigenvalue weighted by molar-refractivity contribution is 7.90. The van der Waals surface area contributed by atoms with Gasteiger partial charge in [0.05, 0.1) is 10.6 Å². The summed E-state index contributed by atoms with van der Waals surface area (Å²) in [6.07, 6.45) is 0.353. The Labute approximate surface area is 147 Å². The van der Waals surface area contributed by atoms with Gasteiger partial charge in [-0.2, -0.15) is 0 Å². The van der Waals surface area contributed by atoms with Crippen LogP contribution in [0.15, 0.2) is 23.1 Å². The lowest BCUT2D eigenvalue weighted by Crippen LogP contribution is -2.50. The van der Waals surface area contributed by atoms with Crippen molar-refractivity contribution in [2.75, 3.05) is 24.8 Å². The number of fused-ring (bicyclic) bond motifs is 1. The zero-order valence-electron chi connectivity index (χ0n) is 14.8. The van der Waals surface area contributed by atoms with Gasteiger partial charge in [0, 0.05) is 13.3 Å². The summed E-state index contributed by atoms with van der Waals surface area (Å²) in [4.78, 5) is 25.8. The van der Waals surface area contributed by atoms with Gasteiger partial charge in [0.2, 0.25) is 0 Å². The average molecular weight is 370 g/mol. The fourth-order valence-electron chi connectivity index (χ4n) is 2.26. The van der Waals surface area contributed by atoms with E-state index in [1.807, 2.05) is 0 Å². The molecule has 1 N–H and O–H groups in total. The Bertz CT molecular complexity index is 797. The molecule has 1 aliphatic heterocycles. The van der Waals surface area contributed by atoms with Gasteiger partial charge in [-0.15, -0.1) is 0 Å². The number of anilines is 1. The quantitative estimate of drug-likeness (QED) is 0.843. The predicted molar refractivity (Wildman–Crippen MR) is 91.6 cm³/mol. The average Bonchev–Trinajstić information content (AvgIpc) is 2.56. The largest absolute Gasteiger partial charge is 0.489 e. The summed E-state index contributed by atoms with van der Waals surface area (Å²) in [5.74, 6) is -0.0769. The van der Waals surface area contributed by atoms with Crippen LogP contribution in [0, 0.1) is 0 Å². The Morgan fingerprint density at radius 1 is 1.36 bits per heavy atom. The molecule has 0 spiro atoms. The Kier molecular flexibility index (Phi) is 4.99. The number of likely N-dealkylation sites (N-methyl/N-ethyl adjacent to an activating group) is 1. The van der Waals surface area contributed by atoms with Crippen molar-refractivity contribution in [1.82, 2.24) is 5.32 Å². The monoisotopic (exact) mass is 370 g/mol. The van der Waals surface area contributed by atoms with Crippen molar-refractivity contribution in [3.63, 3.8) is 0 Å². The van der Waals surface area contributed by atoms with Gasteiger partial charge in [0.1, 0.15) is 24.0 Å². The molecule has 1 aromatic carbocycles. The van der Waals surface area contributed by atoms with Gasteiger partial charge in [-0.1, -0.05) is 0 Å². The molecule has 0 unspecified atom stereocenters. The van der Waals surface area contributed by atoms with Crippen LogP contribution in [0.2, 0.25) is 0 Å². The lowest BCUT2D eigenvalue weighted by molar-refractivity contribution is -0.120. The van der Waals surface area contributed by atoms with Crippen molar-refractivity contribution in [3.05, 3.63) is 18.2 Å². The van der Waals surface area contributed by atoms with Crippen molar-refractivity contribution in [2.24, 2.45) is 0 Å². The molecule has 0 saturated heterocycles. The molecule has 8 nitrogen and oxygen atoms in total. The van der Waals surface area contributed by atoms with E-state index in [1.54, 1.807) is 20.8 Å². The maximum atomic E-state index is 12.6. The number of sulfone groups is 1. The maximum absolute atomic E-state index is 12.6. The fourth-order valence-corrected chi connectivity index (χ4v) is 2.90. The van der Waals surface area contributed by atoms with E-state index in [4.69, 9.17) is 9.47 Å². The van der Waals surface area contributed by atoms with Gasteiger partial charge < -0.3 is 19.7 Å². The molecule has 0 fully saturated rings. The highest BCUT2D eigenvalue weighted by Crippen LogP contribution is 2.33. The topological polar surface area (TPSA) is 102 Å². The molecule has 1 aliphatic rings. The van der Waals surface area contributed by atoms with E-state index in [0.29, 0.717) is 11.4 Å². The molecule has 0 aliphatic carbocycles. The lowest BCUT2D eigenvalue weighted by atomic mass is 10.2. The molecule has 2 amide bonds. The number of rotatable bonds is 2. The van der Waals surface area contributed by atoms with Crippen LogP contribution in [-0.2, 0) is 19.4 Å². The van der Waals surface area contributed by atoms with Crippen LogP contribution >= 0.6 is 0 Å². The normalized spacial score (nSPS) is 18.0. The van der Waals surface area contributed by atoms with E-state index < -0.39 is 33.5 Å². The van der Waals surface area contributed by atoms with Gasteiger partial charge in [0.25, 0.3) is 5.91 Å². The highest BCUT2D eigenvalue weighted by atomic mass is 32.2. The molecule has 25 heavy (non-hydrogen) atoms. The first-order valence-corrected chi connectivity index (χ1v) is 9.51. The number of hydrogen-bond donors (Lipinski definition) is 1. The lowest BCUT2D eigenvalue weighted by Gasteiger charge is -2.23. The molecule has 0 saturated carbocycles. The SMILES string of the molecule is CN1C(=O)[C@@H](NC(=O)OC(C)(C)C)COc2ccc(S(C)(=O)=O)cc21. The first-order chi connectivity index (χ1) is 11.4. The number of ether oxygens (including phenoxy) is 2. The molecule has 1 heterocycles. The minimum absolute atomic E-state index is 0.0769. The van der Waals surface area contributed by atoms with Crippen LogP contribution in [0.4, 0.5) is 10.5 Å². The van der Waals surface area contributed by atoms with Gasteiger partial charge >= 0.3 is 6.09 Å². The summed E-state index contributed by atoms with van der Waals surface area (Å²) in [6.45, 7) is 5.06. The van der Waals surface area contributed by atoms with E-state index in [2.05, 4.69) is 5.32 Å². The Hall–Kier alpha value is -2.29. The number of nitrogens with zero attached hydrogens (tertiary/aromatic N) is 1. The van der Waals surface area contributed by atoms with E-state index in [9.17, 15) is 18.0 Å². The molecular weight excluding hydrogens is 348 g/mol. The molecule has 0 aromatic heterocycles. The third kappa shape index (κ3) is 4.62. The fraction of sp³-hybridized carbons (Fsp3) is 0.500. The van der Waals surface area contributed by atoms with Gasteiger partial charge in [-0.3, -0.25) is 4.79 Å². The van der Waals surface area contributed by atoms with Crippen molar-refractivity contribution in [3.8, 4) is 5.75 Å². The maximum Gasteiger partial charge on any atom is 0.408 e. The molecule has 1 atom stereocenters.